The normalized spacial score (nSPS) is 8.86. The second-order valence-electron chi connectivity index (χ2n) is 4.31. The molecule has 0 fully saturated rings. The minimum Gasteiger partial charge on any atom is -0.854 e. The van der Waals surface area contributed by atoms with Crippen molar-refractivity contribution in [3.63, 3.8) is 0 Å². The Kier molecular flexibility index (Phi) is 47.3. The summed E-state index contributed by atoms with van der Waals surface area (Å²) in [6.07, 6.45) is 4.59. The van der Waals surface area contributed by atoms with Crippen molar-refractivity contribution in [3.05, 3.63) is 0 Å². The zero-order valence-electron chi connectivity index (χ0n) is 15.4. The smallest absolute Gasteiger partial charge is 0.854 e. The molecule has 130 valence electrons. The maximum atomic E-state index is 9.30. The van der Waals surface area contributed by atoms with Gasteiger partial charge in [0.15, 0.2) is 0 Å². The maximum absolute atomic E-state index is 9.30. The predicted octanol–water partition coefficient (Wildman–Crippen LogP) is 1.38. The molecule has 0 spiro atoms. The Morgan fingerprint density at radius 2 is 0.818 bits per heavy atom. The molecule has 0 radical (unpaired) electrons. The quantitative estimate of drug-likeness (QED) is 0.528. The summed E-state index contributed by atoms with van der Waals surface area (Å²) < 4.78 is 16.5. The van der Waals surface area contributed by atoms with E-state index in [1.165, 1.54) is 0 Å². The second kappa shape index (κ2) is 33.6. The molecule has 0 aliphatic carbocycles. The van der Waals surface area contributed by atoms with Gasteiger partial charge in [0.05, 0.1) is 0 Å². The van der Waals surface area contributed by atoms with Crippen LogP contribution >= 0.6 is 0 Å². The second-order valence-corrected chi connectivity index (χ2v) is 5.89. The average molecular weight is 347 g/mol. The minimum atomic E-state index is -1.79. The average Bonchev–Trinajstić information content (AvgIpc) is 2.54. The van der Waals surface area contributed by atoms with E-state index in [2.05, 4.69) is 20.8 Å². The molecule has 0 N–H and O–H groups in total. The van der Waals surface area contributed by atoms with Gasteiger partial charge in [-0.2, -0.15) is 0 Å². The van der Waals surface area contributed by atoms with Crippen molar-refractivity contribution in [1.29, 1.82) is 0 Å². The van der Waals surface area contributed by atoms with Crippen molar-refractivity contribution in [2.45, 2.75) is 66.7 Å². The van der Waals surface area contributed by atoms with Gasteiger partial charge in [-0.1, -0.05) is 47.5 Å². The topological polar surface area (TPSA) is 73.8 Å². The zero-order chi connectivity index (χ0) is 16.8. The Labute approximate surface area is 159 Å². The maximum Gasteiger partial charge on any atom is 2.00 e. The van der Waals surface area contributed by atoms with E-state index in [0.29, 0.717) is 0 Å². The van der Waals surface area contributed by atoms with Crippen LogP contribution in [0.25, 0.3) is 0 Å². The van der Waals surface area contributed by atoms with Gasteiger partial charge in [0.1, 0.15) is 0 Å². The van der Waals surface area contributed by atoms with Gasteiger partial charge in [-0.05, 0) is 19.3 Å². The molecule has 0 rings (SSSR count). The van der Waals surface area contributed by atoms with E-state index in [1.807, 2.05) is 13.8 Å². The van der Waals surface area contributed by atoms with Crippen molar-refractivity contribution < 1.29 is 21.6 Å². The molecule has 0 aromatic carbocycles. The molecular weight excluding hydrogens is 311 g/mol. The van der Waals surface area contributed by atoms with Gasteiger partial charge in [0.25, 0.3) is 0 Å². The molecule has 0 atom stereocenters. The summed E-state index contributed by atoms with van der Waals surface area (Å²) in [5.74, 6) is 0. The van der Waals surface area contributed by atoms with Crippen LogP contribution in [-0.4, -0.2) is 71.2 Å². The molecule has 0 bridgehead atoms. The molecule has 0 aromatic rings. The molecule has 0 amide bonds. The summed E-state index contributed by atoms with van der Waals surface area (Å²) in [4.78, 5) is 0. The van der Waals surface area contributed by atoms with E-state index < -0.39 is 15.1 Å². The van der Waals surface area contributed by atoms with Gasteiger partial charge in [0.2, 0.25) is 0 Å². The predicted molar refractivity (Wildman–Crippen MR) is 90.6 cm³/mol. The fourth-order valence-electron chi connectivity index (χ4n) is 0.787. The van der Waals surface area contributed by atoms with Gasteiger partial charge < -0.3 is 21.6 Å². The van der Waals surface area contributed by atoms with Crippen LogP contribution in [0.3, 0.4) is 0 Å². The molecular formula is C15H35AlMgO5. The van der Waals surface area contributed by atoms with Crippen molar-refractivity contribution in [2.75, 3.05) is 33.0 Å². The summed E-state index contributed by atoms with van der Waals surface area (Å²) in [5.41, 5.74) is 0. The first-order valence-corrected chi connectivity index (χ1v) is 9.60. The van der Waals surface area contributed by atoms with Crippen LogP contribution < -0.4 is 10.2 Å². The molecule has 0 aliphatic rings. The number of hydrogen-bond donors (Lipinski definition) is 0. The van der Waals surface area contributed by atoms with Crippen LogP contribution in [0, 0.1) is 0 Å². The van der Waals surface area contributed by atoms with Gasteiger partial charge in [-0.25, -0.2) is 0 Å². The summed E-state index contributed by atoms with van der Waals surface area (Å²) in [5, 5.41) is 18.6. The largest absolute Gasteiger partial charge is 2.00 e. The number of hydrogen-bond acceptors (Lipinski definition) is 5. The van der Waals surface area contributed by atoms with Crippen LogP contribution in [-0.2, 0) is 11.4 Å². The third-order valence-electron chi connectivity index (χ3n) is 1.78. The monoisotopic (exact) mass is 346 g/mol. The van der Waals surface area contributed by atoms with Crippen LogP contribution in [0.2, 0.25) is 0 Å². The molecule has 0 aromatic heterocycles. The van der Waals surface area contributed by atoms with E-state index >= 15 is 0 Å². The molecule has 0 saturated carbocycles. The molecule has 5 nitrogen and oxygen atoms in total. The first kappa shape index (κ1) is 30.9. The fourth-order valence-corrected chi connectivity index (χ4v) is 2.36. The Morgan fingerprint density at radius 1 is 0.591 bits per heavy atom. The third-order valence-corrected chi connectivity index (χ3v) is 3.31. The van der Waals surface area contributed by atoms with Crippen LogP contribution in [0.15, 0.2) is 0 Å². The Morgan fingerprint density at radius 3 is 0.955 bits per heavy atom. The van der Waals surface area contributed by atoms with E-state index in [9.17, 15) is 10.2 Å². The van der Waals surface area contributed by atoms with Crippen molar-refractivity contribution in [1.82, 2.24) is 0 Å². The van der Waals surface area contributed by atoms with Gasteiger partial charge >= 0.3 is 38.2 Å². The third kappa shape index (κ3) is 37.4. The Hall–Kier alpha value is 1.10. The molecule has 7 heteroatoms. The zero-order valence-corrected chi connectivity index (χ0v) is 18.0. The van der Waals surface area contributed by atoms with Crippen LogP contribution in [0.4, 0.5) is 0 Å². The van der Waals surface area contributed by atoms with Gasteiger partial charge in [0, 0.05) is 19.8 Å². The Bertz CT molecular complexity index is 129. The molecule has 0 heterocycles. The molecule has 22 heavy (non-hydrogen) atoms. The molecule has 0 aliphatic heterocycles. The number of rotatable bonds is 11. The van der Waals surface area contributed by atoms with Crippen LogP contribution in [0.5, 0.6) is 0 Å². The van der Waals surface area contributed by atoms with Gasteiger partial charge in [-0.15, -0.1) is 13.2 Å². The van der Waals surface area contributed by atoms with Crippen molar-refractivity contribution in [2.24, 2.45) is 0 Å². The minimum absolute atomic E-state index is 0. The van der Waals surface area contributed by atoms with Crippen molar-refractivity contribution in [3.8, 4) is 0 Å². The van der Waals surface area contributed by atoms with Crippen LogP contribution in [0.1, 0.15) is 66.7 Å². The summed E-state index contributed by atoms with van der Waals surface area (Å²) >= 11 is -1.79. The van der Waals surface area contributed by atoms with E-state index in [1.54, 1.807) is 0 Å². The van der Waals surface area contributed by atoms with E-state index in [0.717, 1.165) is 51.9 Å². The van der Waals surface area contributed by atoms with Gasteiger partial charge in [-0.3, -0.25) is 0 Å². The SMILES string of the molecule is CCC[O-].CCC[O-].CCC[O][Al]([O]CCC)[O]CCC.[Mg+2]. The molecule has 0 saturated heterocycles. The fraction of sp³-hybridized carbons (Fsp3) is 1.00. The summed E-state index contributed by atoms with van der Waals surface area (Å²) in [7, 11) is 0. The van der Waals surface area contributed by atoms with E-state index in [4.69, 9.17) is 11.4 Å². The first-order chi connectivity index (χ1) is 10.2. The standard InChI is InChI=1S/5C3H7O.Al.Mg/c5*1-2-3-4;;/h5*2-3H2,1H3;;/q5*-1;+3;+2. The van der Waals surface area contributed by atoms with Crippen molar-refractivity contribution >= 4 is 38.2 Å². The summed E-state index contributed by atoms with van der Waals surface area (Å²) in [6, 6.07) is 0. The Balaban J connectivity index is -0.000000150. The first-order valence-electron chi connectivity index (χ1n) is 8.19. The van der Waals surface area contributed by atoms with E-state index in [-0.39, 0.29) is 36.3 Å². The summed E-state index contributed by atoms with van der Waals surface area (Å²) in [6.45, 7) is 12.4. The molecule has 0 unspecified atom stereocenters.